The van der Waals surface area contributed by atoms with Crippen molar-refractivity contribution in [1.82, 2.24) is 4.90 Å². The third kappa shape index (κ3) is 4.62. The molecular formula is C29H31NOS2. The van der Waals surface area contributed by atoms with Crippen molar-refractivity contribution in [2.75, 3.05) is 13.6 Å². The Hall–Kier alpha value is -2.14. The van der Waals surface area contributed by atoms with Crippen LogP contribution in [0.3, 0.4) is 0 Å². The summed E-state index contributed by atoms with van der Waals surface area (Å²) in [5, 5.41) is 0. The number of hydrogen-bond acceptors (Lipinski definition) is 4. The molecule has 3 aromatic rings. The summed E-state index contributed by atoms with van der Waals surface area (Å²) in [7, 11) is 2.20. The average Bonchev–Trinajstić information content (AvgIpc) is 3.17. The molecule has 1 unspecified atom stereocenters. The molecule has 2 aliphatic rings. The molecule has 2 nitrogen and oxygen atoms in total. The first kappa shape index (κ1) is 22.6. The van der Waals surface area contributed by atoms with Gasteiger partial charge in [0, 0.05) is 43.8 Å². The van der Waals surface area contributed by atoms with E-state index in [2.05, 4.69) is 56.1 Å². The minimum absolute atomic E-state index is 0.147. The number of allylic oxidation sites excluding steroid dienone is 1. The van der Waals surface area contributed by atoms with Crippen LogP contribution in [0.15, 0.2) is 59.5 Å². The zero-order chi connectivity index (χ0) is 22.9. The van der Waals surface area contributed by atoms with E-state index in [4.69, 9.17) is 0 Å². The Balaban J connectivity index is 1.59. The molecule has 0 spiro atoms. The highest BCUT2D eigenvalue weighted by Gasteiger charge is 2.30. The smallest absolute Gasteiger partial charge is 0.170 e. The van der Waals surface area contributed by atoms with Gasteiger partial charge in [0.2, 0.25) is 0 Å². The van der Waals surface area contributed by atoms with Crippen molar-refractivity contribution in [3.63, 3.8) is 0 Å². The van der Waals surface area contributed by atoms with Gasteiger partial charge < -0.3 is 4.90 Å². The number of aryl methyl sites for hydroxylation is 2. The van der Waals surface area contributed by atoms with Crippen LogP contribution in [0.2, 0.25) is 0 Å². The van der Waals surface area contributed by atoms with Crippen LogP contribution in [0, 0.1) is 6.92 Å². The largest absolute Gasteiger partial charge is 0.301 e. The first-order chi connectivity index (χ1) is 16.0. The molecule has 0 saturated heterocycles. The standard InChI is InChI=1S/C29H31NOS2/c1-19-12-14-22(15-13-19)28(31)20(2)29-27(23-16-17-30(3)18-26(23)33-29)25-11-7-5-9-21-8-4-6-10-24(21)32-25/h4,6,8,10-15,20H,5,7,9,16-18H2,1-3H3/b25-11+. The normalized spacial score (nSPS) is 18.9. The molecule has 0 amide bonds. The van der Waals surface area contributed by atoms with Crippen molar-refractivity contribution in [3.05, 3.63) is 92.2 Å². The first-order valence-corrected chi connectivity index (χ1v) is 13.5. The summed E-state index contributed by atoms with van der Waals surface area (Å²) >= 11 is 3.78. The Morgan fingerprint density at radius 2 is 1.85 bits per heavy atom. The summed E-state index contributed by atoms with van der Waals surface area (Å²) in [6, 6.07) is 16.9. The number of benzene rings is 2. The lowest BCUT2D eigenvalue weighted by Gasteiger charge is -2.24. The van der Waals surface area contributed by atoms with Gasteiger partial charge in [-0.05, 0) is 56.8 Å². The van der Waals surface area contributed by atoms with Gasteiger partial charge in [-0.2, -0.15) is 0 Å². The summed E-state index contributed by atoms with van der Waals surface area (Å²) in [4.78, 5) is 21.4. The quantitative estimate of drug-likeness (QED) is 0.366. The molecule has 0 fully saturated rings. The van der Waals surface area contributed by atoms with E-state index in [-0.39, 0.29) is 11.7 Å². The van der Waals surface area contributed by atoms with Crippen LogP contribution in [0.1, 0.15) is 68.0 Å². The Morgan fingerprint density at radius 3 is 2.67 bits per heavy atom. The fourth-order valence-electron chi connectivity index (χ4n) is 4.86. The molecule has 0 N–H and O–H groups in total. The zero-order valence-electron chi connectivity index (χ0n) is 19.7. The predicted molar refractivity (Wildman–Crippen MR) is 141 cm³/mol. The highest BCUT2D eigenvalue weighted by Crippen LogP contribution is 2.48. The number of fused-ring (bicyclic) bond motifs is 2. The number of nitrogens with zero attached hydrogens (tertiary/aromatic N) is 1. The third-order valence-corrected chi connectivity index (χ3v) is 9.42. The second-order valence-electron chi connectivity index (χ2n) is 9.35. The molecule has 3 heterocycles. The Labute approximate surface area is 205 Å². The molecule has 0 radical (unpaired) electrons. The zero-order valence-corrected chi connectivity index (χ0v) is 21.3. The van der Waals surface area contributed by atoms with Gasteiger partial charge in [0.25, 0.3) is 0 Å². The van der Waals surface area contributed by atoms with Crippen molar-refractivity contribution in [1.29, 1.82) is 0 Å². The molecule has 0 bridgehead atoms. The van der Waals surface area contributed by atoms with Crippen LogP contribution in [0.4, 0.5) is 0 Å². The summed E-state index contributed by atoms with van der Waals surface area (Å²) in [6.07, 6.45) is 6.88. The van der Waals surface area contributed by atoms with Crippen LogP contribution >= 0.6 is 23.1 Å². The molecule has 170 valence electrons. The number of Topliss-reactive ketones (excluding diaryl/α,β-unsaturated/α-hetero) is 1. The number of thiophene rings is 1. The number of carbonyl (C=O) groups excluding carboxylic acids is 1. The van der Waals surface area contributed by atoms with Gasteiger partial charge in [0.05, 0.1) is 5.92 Å². The lowest BCUT2D eigenvalue weighted by atomic mass is 9.91. The molecular weight excluding hydrogens is 442 g/mol. The topological polar surface area (TPSA) is 20.3 Å². The number of thioether (sulfide) groups is 1. The van der Waals surface area contributed by atoms with Gasteiger partial charge in [0.15, 0.2) is 5.78 Å². The fraction of sp³-hybridized carbons (Fsp3) is 0.345. The average molecular weight is 474 g/mol. The molecule has 0 aliphatic carbocycles. The molecule has 33 heavy (non-hydrogen) atoms. The summed E-state index contributed by atoms with van der Waals surface area (Å²) < 4.78 is 0. The van der Waals surface area contributed by atoms with Crippen molar-refractivity contribution in [3.8, 4) is 0 Å². The monoisotopic (exact) mass is 473 g/mol. The number of hydrogen-bond donors (Lipinski definition) is 0. The Morgan fingerprint density at radius 1 is 1.06 bits per heavy atom. The van der Waals surface area contributed by atoms with Crippen molar-refractivity contribution >= 4 is 33.8 Å². The van der Waals surface area contributed by atoms with Crippen LogP contribution in [-0.2, 0) is 19.4 Å². The Kier molecular flexibility index (Phi) is 6.60. The summed E-state index contributed by atoms with van der Waals surface area (Å²) in [5.74, 6) is 0.0749. The predicted octanol–water partition coefficient (Wildman–Crippen LogP) is 7.50. The first-order valence-electron chi connectivity index (χ1n) is 11.9. The van der Waals surface area contributed by atoms with E-state index in [1.807, 2.05) is 47.4 Å². The van der Waals surface area contributed by atoms with E-state index in [9.17, 15) is 4.79 Å². The van der Waals surface area contributed by atoms with Crippen molar-refractivity contribution in [2.45, 2.75) is 56.9 Å². The second kappa shape index (κ2) is 9.61. The maximum Gasteiger partial charge on any atom is 0.170 e. The van der Waals surface area contributed by atoms with Gasteiger partial charge in [-0.3, -0.25) is 4.79 Å². The lowest BCUT2D eigenvalue weighted by Crippen LogP contribution is -2.25. The molecule has 5 rings (SSSR count). The third-order valence-electron chi connectivity index (χ3n) is 6.82. The number of ketones is 1. The molecule has 2 aromatic carbocycles. The van der Waals surface area contributed by atoms with Crippen molar-refractivity contribution in [2.24, 2.45) is 0 Å². The molecule has 2 aliphatic heterocycles. The maximum atomic E-state index is 13.6. The van der Waals surface area contributed by atoms with Crippen LogP contribution in [0.25, 0.3) is 4.91 Å². The Bertz CT molecular complexity index is 1200. The molecule has 4 heteroatoms. The van der Waals surface area contributed by atoms with Gasteiger partial charge in [-0.25, -0.2) is 0 Å². The minimum Gasteiger partial charge on any atom is -0.301 e. The van der Waals surface area contributed by atoms with E-state index in [0.717, 1.165) is 37.9 Å². The van der Waals surface area contributed by atoms with Gasteiger partial charge >= 0.3 is 0 Å². The molecule has 1 atom stereocenters. The van der Waals surface area contributed by atoms with E-state index < -0.39 is 0 Å². The van der Waals surface area contributed by atoms with Crippen LogP contribution < -0.4 is 0 Å². The van der Waals surface area contributed by atoms with Crippen LogP contribution in [-0.4, -0.2) is 24.3 Å². The van der Waals surface area contributed by atoms with E-state index in [0.29, 0.717) is 0 Å². The molecule has 0 saturated carbocycles. The van der Waals surface area contributed by atoms with E-state index in [1.165, 1.54) is 48.2 Å². The van der Waals surface area contributed by atoms with Gasteiger partial charge in [-0.1, -0.05) is 72.8 Å². The minimum atomic E-state index is -0.147. The van der Waals surface area contributed by atoms with E-state index in [1.54, 1.807) is 0 Å². The van der Waals surface area contributed by atoms with E-state index >= 15 is 0 Å². The number of carbonyl (C=O) groups is 1. The van der Waals surface area contributed by atoms with Crippen molar-refractivity contribution < 1.29 is 4.79 Å². The molecule has 1 aromatic heterocycles. The summed E-state index contributed by atoms with van der Waals surface area (Å²) in [6.45, 7) is 6.22. The fourth-order valence-corrected chi connectivity index (χ4v) is 7.65. The van der Waals surface area contributed by atoms with Crippen LogP contribution in [0.5, 0.6) is 0 Å². The van der Waals surface area contributed by atoms with Gasteiger partial charge in [-0.15, -0.1) is 11.3 Å². The summed E-state index contributed by atoms with van der Waals surface area (Å²) in [5.41, 5.74) is 6.28. The highest BCUT2D eigenvalue weighted by atomic mass is 32.2. The lowest BCUT2D eigenvalue weighted by molar-refractivity contribution is 0.0967. The second-order valence-corrected chi connectivity index (χ2v) is 11.6. The van der Waals surface area contributed by atoms with Gasteiger partial charge in [0.1, 0.15) is 0 Å². The number of likely N-dealkylation sites (N-methyl/N-ethyl adjacent to an activating group) is 1. The maximum absolute atomic E-state index is 13.6. The SMILES string of the molecule is Cc1ccc(C(=O)C(C)c2sc3c(c2/C2=C\CCCc4ccccc4S2)CCN(C)C3)cc1. The number of rotatable bonds is 4. The highest BCUT2D eigenvalue weighted by molar-refractivity contribution is 8.08.